The van der Waals surface area contributed by atoms with Crippen molar-refractivity contribution in [1.29, 1.82) is 5.26 Å². The molecule has 1 N–H and O–H groups in total. The molecule has 1 aliphatic rings. The largest absolute Gasteiger partial charge is 0.493 e. The smallest absolute Gasteiger partial charge is 0.163 e. The third-order valence-corrected chi connectivity index (χ3v) is 5.60. The van der Waals surface area contributed by atoms with Crippen molar-refractivity contribution in [2.45, 2.75) is 25.7 Å². The number of piperidine rings is 1. The van der Waals surface area contributed by atoms with Crippen LogP contribution in [-0.2, 0) is 0 Å². The molecule has 0 bridgehead atoms. The van der Waals surface area contributed by atoms with Crippen molar-refractivity contribution < 1.29 is 13.9 Å². The number of rotatable bonds is 8. The SMILES string of the molecule is COc1cc2c(Nc3ccc(F)cc3C#N)ncnc2cc1OCCCN1CCCCC1. The molecule has 4 rings (SSSR count). The predicted molar refractivity (Wildman–Crippen MR) is 121 cm³/mol. The molecule has 0 radical (unpaired) electrons. The molecule has 1 fully saturated rings. The van der Waals surface area contributed by atoms with Crippen LogP contribution in [0.4, 0.5) is 15.9 Å². The number of ether oxygens (including phenoxy) is 2. The first-order valence-corrected chi connectivity index (χ1v) is 10.8. The highest BCUT2D eigenvalue weighted by molar-refractivity contribution is 5.93. The number of hydrogen-bond donors (Lipinski definition) is 1. The Bertz CT molecular complexity index is 1130. The van der Waals surface area contributed by atoms with E-state index < -0.39 is 5.82 Å². The van der Waals surface area contributed by atoms with Gasteiger partial charge in [-0.3, -0.25) is 0 Å². The van der Waals surface area contributed by atoms with Crippen molar-refractivity contribution in [2.75, 3.05) is 38.7 Å². The van der Waals surface area contributed by atoms with Crippen LogP contribution in [0.3, 0.4) is 0 Å². The van der Waals surface area contributed by atoms with Crippen molar-refractivity contribution in [2.24, 2.45) is 0 Å². The number of nitrogens with zero attached hydrogens (tertiary/aromatic N) is 4. The zero-order chi connectivity index (χ0) is 22.3. The minimum atomic E-state index is -0.469. The molecular weight excluding hydrogens is 409 g/mol. The Morgan fingerprint density at radius 3 is 2.75 bits per heavy atom. The summed E-state index contributed by atoms with van der Waals surface area (Å²) in [6.45, 7) is 3.97. The fourth-order valence-corrected chi connectivity index (χ4v) is 3.93. The number of likely N-dealkylation sites (tertiary alicyclic amines) is 1. The van der Waals surface area contributed by atoms with Crippen LogP contribution in [0.15, 0.2) is 36.7 Å². The molecule has 1 aliphatic heterocycles. The van der Waals surface area contributed by atoms with Gasteiger partial charge in [0.05, 0.1) is 30.5 Å². The highest BCUT2D eigenvalue weighted by Crippen LogP contribution is 2.35. The lowest BCUT2D eigenvalue weighted by atomic mass is 10.1. The normalized spacial score (nSPS) is 14.2. The quantitative estimate of drug-likeness (QED) is 0.516. The second-order valence-corrected chi connectivity index (χ2v) is 7.77. The summed E-state index contributed by atoms with van der Waals surface area (Å²) in [6.07, 6.45) is 6.28. The van der Waals surface area contributed by atoms with Gasteiger partial charge in [-0.2, -0.15) is 5.26 Å². The standard InChI is InChI=1S/C24H26FN5O2/c1-31-22-13-19-21(14-23(22)32-11-5-10-30-8-3-2-4-9-30)27-16-28-24(19)29-20-7-6-18(25)12-17(20)15-26/h6-7,12-14,16H,2-5,8-11H2,1H3,(H,27,28,29). The fraction of sp³-hybridized carbons (Fsp3) is 0.375. The van der Waals surface area contributed by atoms with E-state index in [0.717, 1.165) is 13.0 Å². The molecule has 2 aromatic carbocycles. The van der Waals surface area contributed by atoms with Crippen LogP contribution in [0.1, 0.15) is 31.2 Å². The van der Waals surface area contributed by atoms with Crippen LogP contribution in [0.25, 0.3) is 10.9 Å². The van der Waals surface area contributed by atoms with E-state index >= 15 is 0 Å². The molecule has 7 nitrogen and oxygen atoms in total. The van der Waals surface area contributed by atoms with Crippen LogP contribution in [0.2, 0.25) is 0 Å². The van der Waals surface area contributed by atoms with E-state index in [-0.39, 0.29) is 5.56 Å². The van der Waals surface area contributed by atoms with Gasteiger partial charge in [-0.1, -0.05) is 6.42 Å². The molecule has 0 unspecified atom stereocenters. The molecule has 32 heavy (non-hydrogen) atoms. The van der Waals surface area contributed by atoms with Crippen molar-refractivity contribution in [3.63, 3.8) is 0 Å². The van der Waals surface area contributed by atoms with E-state index in [0.29, 0.717) is 40.5 Å². The summed E-state index contributed by atoms with van der Waals surface area (Å²) in [5, 5.41) is 13.1. The van der Waals surface area contributed by atoms with Crippen LogP contribution >= 0.6 is 0 Å². The van der Waals surface area contributed by atoms with Crippen molar-refractivity contribution in [1.82, 2.24) is 14.9 Å². The Labute approximate surface area is 186 Å². The Morgan fingerprint density at radius 1 is 1.12 bits per heavy atom. The third-order valence-electron chi connectivity index (χ3n) is 5.60. The van der Waals surface area contributed by atoms with Gasteiger partial charge in [0.15, 0.2) is 11.5 Å². The number of nitriles is 1. The first kappa shape index (κ1) is 21.8. The average molecular weight is 436 g/mol. The second kappa shape index (κ2) is 10.2. The van der Waals surface area contributed by atoms with Crippen LogP contribution < -0.4 is 14.8 Å². The van der Waals surface area contributed by atoms with E-state index in [9.17, 15) is 9.65 Å². The topological polar surface area (TPSA) is 83.3 Å². The van der Waals surface area contributed by atoms with Crippen molar-refractivity contribution in [3.05, 3.63) is 48.0 Å². The lowest BCUT2D eigenvalue weighted by molar-refractivity contribution is 0.203. The van der Waals surface area contributed by atoms with Gasteiger partial charge in [-0.25, -0.2) is 14.4 Å². The maximum atomic E-state index is 13.5. The number of fused-ring (bicyclic) bond motifs is 1. The summed E-state index contributed by atoms with van der Waals surface area (Å²) in [5.41, 5.74) is 1.33. The van der Waals surface area contributed by atoms with Crippen molar-refractivity contribution >= 4 is 22.4 Å². The van der Waals surface area contributed by atoms with Crippen LogP contribution in [0, 0.1) is 17.1 Å². The van der Waals surface area contributed by atoms with Gasteiger partial charge in [-0.15, -0.1) is 0 Å². The van der Waals surface area contributed by atoms with Gasteiger partial charge in [0.1, 0.15) is 24.0 Å². The number of nitrogens with one attached hydrogen (secondary N) is 1. The van der Waals surface area contributed by atoms with E-state index in [1.54, 1.807) is 7.11 Å². The van der Waals surface area contributed by atoms with Gasteiger partial charge < -0.3 is 19.7 Å². The van der Waals surface area contributed by atoms with Gasteiger partial charge in [0, 0.05) is 18.0 Å². The molecule has 0 saturated carbocycles. The summed E-state index contributed by atoms with van der Waals surface area (Å²) in [4.78, 5) is 11.1. The molecular formula is C24H26FN5O2. The Kier molecular flexibility index (Phi) is 6.97. The van der Waals surface area contributed by atoms with Gasteiger partial charge in [0.2, 0.25) is 0 Å². The highest BCUT2D eigenvalue weighted by Gasteiger charge is 2.14. The number of methoxy groups -OCH3 is 1. The fourth-order valence-electron chi connectivity index (χ4n) is 3.93. The number of anilines is 2. The molecule has 166 valence electrons. The minimum absolute atomic E-state index is 0.192. The summed E-state index contributed by atoms with van der Waals surface area (Å²) >= 11 is 0. The second-order valence-electron chi connectivity index (χ2n) is 7.77. The molecule has 0 aliphatic carbocycles. The zero-order valence-corrected chi connectivity index (χ0v) is 18.1. The first-order chi connectivity index (χ1) is 15.7. The summed E-state index contributed by atoms with van der Waals surface area (Å²) in [7, 11) is 1.59. The van der Waals surface area contributed by atoms with E-state index in [1.165, 1.54) is 56.9 Å². The third kappa shape index (κ3) is 5.06. The molecule has 1 saturated heterocycles. The molecule has 0 spiro atoms. The average Bonchev–Trinajstić information content (AvgIpc) is 2.83. The van der Waals surface area contributed by atoms with E-state index in [4.69, 9.17) is 9.47 Å². The summed E-state index contributed by atoms with van der Waals surface area (Å²) in [6, 6.07) is 9.63. The Balaban J connectivity index is 1.51. The molecule has 0 amide bonds. The molecule has 3 aromatic rings. The predicted octanol–water partition coefficient (Wildman–Crippen LogP) is 4.65. The monoisotopic (exact) mass is 435 g/mol. The zero-order valence-electron chi connectivity index (χ0n) is 18.1. The maximum absolute atomic E-state index is 13.5. The molecule has 1 aromatic heterocycles. The van der Waals surface area contributed by atoms with Crippen LogP contribution in [-0.4, -0.2) is 48.2 Å². The van der Waals surface area contributed by atoms with Gasteiger partial charge in [-0.05, 0) is 56.6 Å². The lowest BCUT2D eigenvalue weighted by Crippen LogP contribution is -2.31. The highest BCUT2D eigenvalue weighted by atomic mass is 19.1. The molecule has 0 atom stereocenters. The molecule has 2 heterocycles. The van der Waals surface area contributed by atoms with Gasteiger partial charge >= 0.3 is 0 Å². The first-order valence-electron chi connectivity index (χ1n) is 10.8. The summed E-state index contributed by atoms with van der Waals surface area (Å²) < 4.78 is 25.0. The minimum Gasteiger partial charge on any atom is -0.493 e. The van der Waals surface area contributed by atoms with Crippen molar-refractivity contribution in [3.8, 4) is 17.6 Å². The number of hydrogen-bond acceptors (Lipinski definition) is 7. The Hall–Kier alpha value is -3.44. The maximum Gasteiger partial charge on any atom is 0.163 e. The number of benzene rings is 2. The molecule has 8 heteroatoms. The van der Waals surface area contributed by atoms with E-state index in [1.807, 2.05) is 18.2 Å². The van der Waals surface area contributed by atoms with Gasteiger partial charge in [0.25, 0.3) is 0 Å². The number of aromatic nitrogens is 2. The Morgan fingerprint density at radius 2 is 1.97 bits per heavy atom. The van der Waals surface area contributed by atoms with E-state index in [2.05, 4.69) is 20.2 Å². The summed E-state index contributed by atoms with van der Waals surface area (Å²) in [5.74, 6) is 1.23. The lowest BCUT2D eigenvalue weighted by Gasteiger charge is -2.26. The number of halogens is 1. The van der Waals surface area contributed by atoms with Crippen LogP contribution in [0.5, 0.6) is 11.5 Å².